The van der Waals surface area contributed by atoms with Crippen LogP contribution in [0.5, 0.6) is 0 Å². The van der Waals surface area contributed by atoms with E-state index in [0.29, 0.717) is 30.8 Å². The Bertz CT molecular complexity index is 583. The van der Waals surface area contributed by atoms with Crippen molar-refractivity contribution in [3.63, 3.8) is 0 Å². The van der Waals surface area contributed by atoms with Crippen molar-refractivity contribution in [1.29, 1.82) is 0 Å². The van der Waals surface area contributed by atoms with Gasteiger partial charge in [0.15, 0.2) is 5.96 Å². The van der Waals surface area contributed by atoms with Crippen LogP contribution in [-0.4, -0.2) is 49.7 Å². The maximum Gasteiger partial charge on any atom is 0.227 e. The van der Waals surface area contributed by atoms with Gasteiger partial charge in [-0.15, -0.1) is 0 Å². The summed E-state index contributed by atoms with van der Waals surface area (Å²) < 4.78 is 5.92. The quantitative estimate of drug-likeness (QED) is 0.351. The smallest absolute Gasteiger partial charge is 0.227 e. The summed E-state index contributed by atoms with van der Waals surface area (Å²) in [5.74, 6) is 1.20. The number of ether oxygens (including phenoxy) is 1. The van der Waals surface area contributed by atoms with Gasteiger partial charge in [0.25, 0.3) is 0 Å². The lowest BCUT2D eigenvalue weighted by atomic mass is 9.98. The highest BCUT2D eigenvalue weighted by Gasteiger charge is 2.13. The molecule has 0 radical (unpaired) electrons. The Morgan fingerprint density at radius 3 is 2.70 bits per heavy atom. The molecule has 2 rings (SSSR count). The number of aryl methyl sites for hydroxylation is 1. The molecule has 1 aliphatic rings. The van der Waals surface area contributed by atoms with Gasteiger partial charge in [0.2, 0.25) is 5.91 Å². The summed E-state index contributed by atoms with van der Waals surface area (Å²) in [6, 6.07) is 3.72. The van der Waals surface area contributed by atoms with Gasteiger partial charge < -0.3 is 20.7 Å². The minimum absolute atomic E-state index is 0.0739. The van der Waals surface area contributed by atoms with Gasteiger partial charge in [0.05, 0.1) is 6.10 Å². The van der Waals surface area contributed by atoms with Crippen LogP contribution in [-0.2, 0) is 9.53 Å². The number of nitrogens with one attached hydrogen (secondary N) is 3. The number of nitrogens with zero attached hydrogens (tertiary/aromatic N) is 2. The molecule has 150 valence electrons. The summed E-state index contributed by atoms with van der Waals surface area (Å²) in [5.41, 5.74) is 1.06. The standard InChI is InChI=1S/C20H33N5O2/c1-16-9-10-18(24-15-16)25-19(26)11-13-23-20(21-2)22-12-6-14-27-17-7-4-3-5-8-17/h9-10,15,17H,3-8,11-14H2,1-2H3,(H2,21,22,23)(H,24,25,26). The maximum atomic E-state index is 11.9. The monoisotopic (exact) mass is 375 g/mol. The number of carbonyl (C=O) groups excluding carboxylic acids is 1. The zero-order valence-corrected chi connectivity index (χ0v) is 16.6. The lowest BCUT2D eigenvalue weighted by Gasteiger charge is -2.22. The molecule has 1 aromatic rings. The maximum absolute atomic E-state index is 11.9. The van der Waals surface area contributed by atoms with Gasteiger partial charge in [0.1, 0.15) is 5.82 Å². The van der Waals surface area contributed by atoms with Crippen molar-refractivity contribution in [3.05, 3.63) is 23.9 Å². The van der Waals surface area contributed by atoms with Crippen molar-refractivity contribution in [3.8, 4) is 0 Å². The fourth-order valence-corrected chi connectivity index (χ4v) is 3.02. The second kappa shape index (κ2) is 12.3. The lowest BCUT2D eigenvalue weighted by molar-refractivity contribution is -0.116. The number of aromatic nitrogens is 1. The minimum atomic E-state index is -0.0739. The Hall–Kier alpha value is -2.15. The van der Waals surface area contributed by atoms with Crippen molar-refractivity contribution >= 4 is 17.7 Å². The number of hydrogen-bond donors (Lipinski definition) is 3. The summed E-state index contributed by atoms with van der Waals surface area (Å²) in [4.78, 5) is 20.3. The molecular formula is C20H33N5O2. The molecule has 27 heavy (non-hydrogen) atoms. The lowest BCUT2D eigenvalue weighted by Crippen LogP contribution is -2.39. The fraction of sp³-hybridized carbons (Fsp3) is 0.650. The van der Waals surface area contributed by atoms with Gasteiger partial charge in [-0.25, -0.2) is 4.98 Å². The average Bonchev–Trinajstić information content (AvgIpc) is 2.69. The molecule has 7 heteroatoms. The number of hydrogen-bond acceptors (Lipinski definition) is 4. The molecule has 0 aliphatic heterocycles. The predicted molar refractivity (Wildman–Crippen MR) is 109 cm³/mol. The summed E-state index contributed by atoms with van der Waals surface area (Å²) >= 11 is 0. The molecule has 0 spiro atoms. The number of aliphatic imine (C=N–C) groups is 1. The van der Waals surface area contributed by atoms with Crippen LogP contribution in [0.2, 0.25) is 0 Å². The van der Waals surface area contributed by atoms with E-state index >= 15 is 0 Å². The minimum Gasteiger partial charge on any atom is -0.378 e. The Morgan fingerprint density at radius 2 is 2.00 bits per heavy atom. The number of amides is 1. The first kappa shape index (κ1) is 21.2. The molecule has 0 bridgehead atoms. The fourth-order valence-electron chi connectivity index (χ4n) is 3.02. The average molecular weight is 376 g/mol. The van der Waals surface area contributed by atoms with E-state index in [1.807, 2.05) is 13.0 Å². The molecule has 0 unspecified atom stereocenters. The molecule has 7 nitrogen and oxygen atoms in total. The third-order valence-corrected chi connectivity index (χ3v) is 4.57. The first-order chi connectivity index (χ1) is 13.2. The zero-order valence-electron chi connectivity index (χ0n) is 16.6. The van der Waals surface area contributed by atoms with E-state index in [9.17, 15) is 4.79 Å². The molecule has 1 heterocycles. The van der Waals surface area contributed by atoms with E-state index in [1.165, 1.54) is 32.1 Å². The highest BCUT2D eigenvalue weighted by molar-refractivity contribution is 5.90. The van der Waals surface area contributed by atoms with Crippen LogP contribution in [0.1, 0.15) is 50.5 Å². The van der Waals surface area contributed by atoms with Gasteiger partial charge in [0, 0.05) is 39.4 Å². The first-order valence-corrected chi connectivity index (χ1v) is 9.96. The predicted octanol–water partition coefficient (Wildman–Crippen LogP) is 2.62. The van der Waals surface area contributed by atoms with Crippen molar-refractivity contribution in [2.75, 3.05) is 32.1 Å². The molecule has 1 aliphatic carbocycles. The Kier molecular flexibility index (Phi) is 9.62. The summed E-state index contributed by atoms with van der Waals surface area (Å²) in [7, 11) is 1.73. The third kappa shape index (κ3) is 8.86. The van der Waals surface area contributed by atoms with Crippen LogP contribution in [0.3, 0.4) is 0 Å². The van der Waals surface area contributed by atoms with E-state index in [0.717, 1.165) is 25.1 Å². The number of anilines is 1. The SMILES string of the molecule is CN=C(NCCCOC1CCCCC1)NCCC(=O)Nc1ccc(C)cn1. The normalized spacial score (nSPS) is 15.4. The summed E-state index contributed by atoms with van der Waals surface area (Å²) in [6.07, 6.45) is 9.84. The highest BCUT2D eigenvalue weighted by atomic mass is 16.5. The van der Waals surface area contributed by atoms with Gasteiger partial charge in [-0.05, 0) is 37.8 Å². The van der Waals surface area contributed by atoms with Crippen LogP contribution in [0.15, 0.2) is 23.3 Å². The van der Waals surface area contributed by atoms with Gasteiger partial charge in [-0.3, -0.25) is 9.79 Å². The molecule has 0 aromatic carbocycles. The number of pyridine rings is 1. The van der Waals surface area contributed by atoms with Crippen LogP contribution < -0.4 is 16.0 Å². The van der Waals surface area contributed by atoms with Crippen LogP contribution in [0, 0.1) is 6.92 Å². The molecule has 0 saturated heterocycles. The number of rotatable bonds is 9. The van der Waals surface area contributed by atoms with Crippen LogP contribution in [0.25, 0.3) is 0 Å². The summed E-state index contributed by atoms with van der Waals surface area (Å²) in [6.45, 7) is 4.05. The van der Waals surface area contributed by atoms with Crippen molar-refractivity contribution in [1.82, 2.24) is 15.6 Å². The second-order valence-corrected chi connectivity index (χ2v) is 6.93. The topological polar surface area (TPSA) is 87.6 Å². The third-order valence-electron chi connectivity index (χ3n) is 4.57. The van der Waals surface area contributed by atoms with E-state index < -0.39 is 0 Å². The van der Waals surface area contributed by atoms with Gasteiger partial charge in [-0.2, -0.15) is 0 Å². The summed E-state index contributed by atoms with van der Waals surface area (Å²) in [5, 5.41) is 9.19. The Morgan fingerprint density at radius 1 is 1.22 bits per heavy atom. The molecule has 0 atom stereocenters. The highest BCUT2D eigenvalue weighted by Crippen LogP contribution is 2.20. The molecule has 1 aromatic heterocycles. The van der Waals surface area contributed by atoms with Gasteiger partial charge >= 0.3 is 0 Å². The van der Waals surface area contributed by atoms with Crippen LogP contribution in [0.4, 0.5) is 5.82 Å². The van der Waals surface area contributed by atoms with Crippen molar-refractivity contribution in [2.45, 2.75) is 58.0 Å². The van der Waals surface area contributed by atoms with Crippen LogP contribution >= 0.6 is 0 Å². The van der Waals surface area contributed by atoms with E-state index in [2.05, 4.69) is 25.9 Å². The van der Waals surface area contributed by atoms with Crippen molar-refractivity contribution in [2.24, 2.45) is 4.99 Å². The largest absolute Gasteiger partial charge is 0.378 e. The number of carbonyl (C=O) groups is 1. The Balaban J connectivity index is 1.52. The van der Waals surface area contributed by atoms with Gasteiger partial charge in [-0.1, -0.05) is 25.3 Å². The Labute approximate surface area is 162 Å². The molecular weight excluding hydrogens is 342 g/mol. The molecule has 1 saturated carbocycles. The van der Waals surface area contributed by atoms with E-state index in [-0.39, 0.29) is 5.91 Å². The molecule has 1 fully saturated rings. The first-order valence-electron chi connectivity index (χ1n) is 9.96. The van der Waals surface area contributed by atoms with Crippen molar-refractivity contribution < 1.29 is 9.53 Å². The zero-order chi connectivity index (χ0) is 19.3. The van der Waals surface area contributed by atoms with E-state index in [4.69, 9.17) is 4.74 Å². The second-order valence-electron chi connectivity index (χ2n) is 6.93. The molecule has 1 amide bonds. The number of guanidine groups is 1. The molecule has 3 N–H and O–H groups in total. The van der Waals surface area contributed by atoms with E-state index in [1.54, 1.807) is 19.3 Å².